The lowest BCUT2D eigenvalue weighted by Gasteiger charge is -2.26. The zero-order valence-corrected chi connectivity index (χ0v) is 11.8. The van der Waals surface area contributed by atoms with Gasteiger partial charge in [-0.1, -0.05) is 12.8 Å². The number of aliphatic hydroxyl groups excluding tert-OH is 1. The summed E-state index contributed by atoms with van der Waals surface area (Å²) in [5.74, 6) is -0.0952. The van der Waals surface area contributed by atoms with Crippen molar-refractivity contribution in [1.82, 2.24) is 15.1 Å². The number of carbonyl (C=O) groups is 1. The maximum atomic E-state index is 12.2. The Morgan fingerprint density at radius 1 is 1.53 bits per heavy atom. The first-order valence-corrected chi connectivity index (χ1v) is 7.04. The Hall–Kier alpha value is -1.36. The molecule has 0 bridgehead atoms. The third-order valence-electron chi connectivity index (χ3n) is 4.06. The van der Waals surface area contributed by atoms with Gasteiger partial charge >= 0.3 is 0 Å². The van der Waals surface area contributed by atoms with E-state index in [1.165, 1.54) is 0 Å². The molecule has 1 fully saturated rings. The number of aryl methyl sites for hydroxylation is 2. The van der Waals surface area contributed by atoms with Crippen molar-refractivity contribution in [2.24, 2.45) is 5.41 Å². The molecule has 1 aromatic rings. The van der Waals surface area contributed by atoms with Gasteiger partial charge < -0.3 is 10.4 Å². The van der Waals surface area contributed by atoms with Crippen molar-refractivity contribution in [3.05, 3.63) is 17.5 Å². The fraction of sp³-hybridized carbons (Fsp3) is 0.714. The first-order chi connectivity index (χ1) is 9.10. The summed E-state index contributed by atoms with van der Waals surface area (Å²) in [6, 6.07) is 1.80. The van der Waals surface area contributed by atoms with Gasteiger partial charge in [0.15, 0.2) is 0 Å². The molecule has 106 valence electrons. The zero-order chi connectivity index (χ0) is 13.9. The summed E-state index contributed by atoms with van der Waals surface area (Å²) in [5, 5.41) is 16.8. The van der Waals surface area contributed by atoms with Gasteiger partial charge in [-0.25, -0.2) is 0 Å². The van der Waals surface area contributed by atoms with Crippen LogP contribution in [0.15, 0.2) is 6.07 Å². The summed E-state index contributed by atoms with van der Waals surface area (Å²) in [5.41, 5.74) is 1.35. The highest BCUT2D eigenvalue weighted by Gasteiger charge is 2.33. The van der Waals surface area contributed by atoms with Crippen molar-refractivity contribution < 1.29 is 9.90 Å². The molecule has 1 saturated carbocycles. The van der Waals surface area contributed by atoms with Gasteiger partial charge in [0.05, 0.1) is 12.3 Å². The van der Waals surface area contributed by atoms with Crippen LogP contribution in [-0.2, 0) is 6.54 Å². The second kappa shape index (κ2) is 5.74. The molecule has 0 unspecified atom stereocenters. The van der Waals surface area contributed by atoms with Crippen LogP contribution in [0.5, 0.6) is 0 Å². The molecule has 1 aliphatic carbocycles. The van der Waals surface area contributed by atoms with Crippen LogP contribution in [0.3, 0.4) is 0 Å². The average Bonchev–Trinajstić information content (AvgIpc) is 3.03. The van der Waals surface area contributed by atoms with Gasteiger partial charge in [0.25, 0.3) is 5.91 Å². The summed E-state index contributed by atoms with van der Waals surface area (Å²) < 4.78 is 1.71. The number of rotatable bonds is 5. The Labute approximate surface area is 114 Å². The second-order valence-corrected chi connectivity index (χ2v) is 5.53. The van der Waals surface area contributed by atoms with Gasteiger partial charge in [-0.05, 0) is 32.8 Å². The molecule has 1 amide bonds. The summed E-state index contributed by atoms with van der Waals surface area (Å²) in [4.78, 5) is 12.2. The molecular formula is C14H23N3O2. The smallest absolute Gasteiger partial charge is 0.269 e. The highest BCUT2D eigenvalue weighted by molar-refractivity contribution is 5.92. The minimum atomic E-state index is -0.109. The predicted octanol–water partition coefficient (Wildman–Crippen LogP) is 1.49. The SMILES string of the molecule is CCn1nc(C)cc1C(=O)NCC1(CO)CCCC1. The number of nitrogens with zero attached hydrogens (tertiary/aromatic N) is 2. The van der Waals surface area contributed by atoms with Gasteiger partial charge in [0.1, 0.15) is 5.69 Å². The van der Waals surface area contributed by atoms with Gasteiger partial charge in [0, 0.05) is 18.5 Å². The minimum absolute atomic E-state index is 0.0952. The lowest BCUT2D eigenvalue weighted by atomic mass is 9.87. The van der Waals surface area contributed by atoms with Crippen LogP contribution in [0.25, 0.3) is 0 Å². The Bertz CT molecular complexity index is 448. The van der Waals surface area contributed by atoms with Crippen LogP contribution in [0.2, 0.25) is 0 Å². The third kappa shape index (κ3) is 2.97. The Balaban J connectivity index is 2.01. The van der Waals surface area contributed by atoms with E-state index in [1.807, 2.05) is 13.8 Å². The van der Waals surface area contributed by atoms with Crippen LogP contribution in [0.4, 0.5) is 0 Å². The van der Waals surface area contributed by atoms with Crippen molar-refractivity contribution >= 4 is 5.91 Å². The first-order valence-electron chi connectivity index (χ1n) is 7.04. The molecule has 0 atom stereocenters. The largest absolute Gasteiger partial charge is 0.396 e. The zero-order valence-electron chi connectivity index (χ0n) is 11.8. The van der Waals surface area contributed by atoms with Crippen LogP contribution in [0.1, 0.15) is 48.8 Å². The van der Waals surface area contributed by atoms with E-state index in [0.29, 0.717) is 18.8 Å². The summed E-state index contributed by atoms with van der Waals surface area (Å²) >= 11 is 0. The third-order valence-corrected chi connectivity index (χ3v) is 4.06. The van der Waals surface area contributed by atoms with E-state index in [9.17, 15) is 9.90 Å². The van der Waals surface area contributed by atoms with E-state index in [-0.39, 0.29) is 17.9 Å². The maximum absolute atomic E-state index is 12.2. The molecular weight excluding hydrogens is 242 g/mol. The van der Waals surface area contributed by atoms with Crippen molar-refractivity contribution in [1.29, 1.82) is 0 Å². The van der Waals surface area contributed by atoms with E-state index in [4.69, 9.17) is 0 Å². The lowest BCUT2D eigenvalue weighted by molar-refractivity contribution is 0.0870. The molecule has 0 aromatic carbocycles. The van der Waals surface area contributed by atoms with Gasteiger partial charge in [-0.3, -0.25) is 9.48 Å². The lowest BCUT2D eigenvalue weighted by Crippen LogP contribution is -2.39. The molecule has 19 heavy (non-hydrogen) atoms. The highest BCUT2D eigenvalue weighted by atomic mass is 16.3. The quantitative estimate of drug-likeness (QED) is 0.847. The van der Waals surface area contributed by atoms with E-state index in [0.717, 1.165) is 31.4 Å². The van der Waals surface area contributed by atoms with E-state index in [1.54, 1.807) is 10.7 Å². The minimum Gasteiger partial charge on any atom is -0.396 e. The number of hydrogen-bond donors (Lipinski definition) is 2. The molecule has 0 saturated heterocycles. The van der Waals surface area contributed by atoms with E-state index >= 15 is 0 Å². The Kier molecular flexibility index (Phi) is 4.24. The van der Waals surface area contributed by atoms with Crippen molar-refractivity contribution in [2.75, 3.05) is 13.2 Å². The summed E-state index contributed by atoms with van der Waals surface area (Å²) in [6.07, 6.45) is 4.27. The fourth-order valence-electron chi connectivity index (χ4n) is 2.84. The maximum Gasteiger partial charge on any atom is 0.269 e. The molecule has 1 aliphatic rings. The van der Waals surface area contributed by atoms with Crippen molar-refractivity contribution in [2.45, 2.75) is 46.1 Å². The highest BCUT2D eigenvalue weighted by Crippen LogP contribution is 2.36. The molecule has 5 nitrogen and oxygen atoms in total. The van der Waals surface area contributed by atoms with E-state index in [2.05, 4.69) is 10.4 Å². The molecule has 1 heterocycles. The predicted molar refractivity (Wildman–Crippen MR) is 73.0 cm³/mol. The second-order valence-electron chi connectivity index (χ2n) is 5.53. The van der Waals surface area contributed by atoms with Crippen molar-refractivity contribution in [3.63, 3.8) is 0 Å². The number of aliphatic hydroxyl groups is 1. The van der Waals surface area contributed by atoms with Gasteiger partial charge in [-0.15, -0.1) is 0 Å². The molecule has 2 N–H and O–H groups in total. The molecule has 5 heteroatoms. The first kappa shape index (κ1) is 14.1. The normalized spacial score (nSPS) is 17.6. The molecule has 2 rings (SSSR count). The van der Waals surface area contributed by atoms with Crippen LogP contribution in [-0.4, -0.2) is 33.9 Å². The Morgan fingerprint density at radius 3 is 2.79 bits per heavy atom. The Morgan fingerprint density at radius 2 is 2.21 bits per heavy atom. The van der Waals surface area contributed by atoms with Crippen LogP contribution < -0.4 is 5.32 Å². The topological polar surface area (TPSA) is 67.2 Å². The molecule has 1 aromatic heterocycles. The van der Waals surface area contributed by atoms with Gasteiger partial charge in [-0.2, -0.15) is 5.10 Å². The summed E-state index contributed by atoms with van der Waals surface area (Å²) in [6.45, 7) is 5.24. The van der Waals surface area contributed by atoms with E-state index < -0.39 is 0 Å². The average molecular weight is 265 g/mol. The molecule has 0 radical (unpaired) electrons. The number of hydrogen-bond acceptors (Lipinski definition) is 3. The monoisotopic (exact) mass is 265 g/mol. The van der Waals surface area contributed by atoms with Gasteiger partial charge in [0.2, 0.25) is 0 Å². The standard InChI is InChI=1S/C14H23N3O2/c1-3-17-12(8-11(2)16-17)13(19)15-9-14(10-18)6-4-5-7-14/h8,18H,3-7,9-10H2,1-2H3,(H,15,19). The van der Waals surface area contributed by atoms with Crippen molar-refractivity contribution in [3.8, 4) is 0 Å². The fourth-order valence-corrected chi connectivity index (χ4v) is 2.84. The number of amides is 1. The molecule has 0 aliphatic heterocycles. The number of aromatic nitrogens is 2. The van der Waals surface area contributed by atoms with Crippen LogP contribution >= 0.6 is 0 Å². The number of carbonyl (C=O) groups excluding carboxylic acids is 1. The molecule has 0 spiro atoms. The van der Waals surface area contributed by atoms with Crippen LogP contribution in [0, 0.1) is 12.3 Å². The summed E-state index contributed by atoms with van der Waals surface area (Å²) in [7, 11) is 0. The number of nitrogens with one attached hydrogen (secondary N) is 1.